The predicted octanol–water partition coefficient (Wildman–Crippen LogP) is 1.29. The number of carbonyl (C=O) groups is 2. The van der Waals surface area contributed by atoms with Gasteiger partial charge in [-0.2, -0.15) is 11.8 Å². The molecule has 0 aromatic heterocycles. The largest absolute Gasteiger partial charge is 0.481 e. The maximum absolute atomic E-state index is 11.7. The predicted molar refractivity (Wildman–Crippen MR) is 95.4 cm³/mol. The van der Waals surface area contributed by atoms with Crippen molar-refractivity contribution in [2.45, 2.75) is 68.7 Å². The van der Waals surface area contributed by atoms with E-state index in [1.54, 1.807) is 0 Å². The summed E-state index contributed by atoms with van der Waals surface area (Å²) in [6.45, 7) is 0.637. The third-order valence-corrected chi connectivity index (χ3v) is 6.01. The summed E-state index contributed by atoms with van der Waals surface area (Å²) in [5.41, 5.74) is 0. The normalized spacial score (nSPS) is 25.0. The number of amides is 1. The van der Waals surface area contributed by atoms with Crippen molar-refractivity contribution in [2.24, 2.45) is 0 Å². The van der Waals surface area contributed by atoms with E-state index < -0.39 is 5.97 Å². The van der Waals surface area contributed by atoms with E-state index in [0.717, 1.165) is 37.9 Å². The van der Waals surface area contributed by atoms with Crippen molar-refractivity contribution < 1.29 is 14.7 Å². The Hall–Kier alpha value is -1.44. The third kappa shape index (κ3) is 6.22. The molecule has 0 spiro atoms. The Kier molecular flexibility index (Phi) is 7.68. The first kappa shape index (κ1) is 18.9. The standard InChI is InChI=1S/C16H28N4O3S/c17-16-19-11-10-24-12(15(11)20-16)6-3-4-7-13(21)18-9-5-1-2-8-14(22)23/h11-12,15H,1-10H2,(H,18,21)(H,22,23)(H3,17,19,20)/t11?,12-,15?/m0/s1. The molecule has 2 aliphatic heterocycles. The number of nitrogens with one attached hydrogen (secondary N) is 4. The monoisotopic (exact) mass is 356 g/mol. The summed E-state index contributed by atoms with van der Waals surface area (Å²) < 4.78 is 0. The van der Waals surface area contributed by atoms with E-state index >= 15 is 0 Å². The Morgan fingerprint density at radius 2 is 1.96 bits per heavy atom. The molecule has 0 aromatic rings. The van der Waals surface area contributed by atoms with E-state index in [0.29, 0.717) is 42.7 Å². The maximum atomic E-state index is 11.7. The molecular weight excluding hydrogens is 328 g/mol. The Labute approximate surface area is 147 Å². The van der Waals surface area contributed by atoms with Crippen LogP contribution in [0.25, 0.3) is 0 Å². The third-order valence-electron chi connectivity index (χ3n) is 4.50. The molecule has 2 rings (SSSR count). The van der Waals surface area contributed by atoms with E-state index in [9.17, 15) is 9.59 Å². The van der Waals surface area contributed by atoms with Gasteiger partial charge in [0.05, 0.1) is 12.1 Å². The molecular formula is C16H28N4O3S. The zero-order chi connectivity index (χ0) is 17.4. The first-order chi connectivity index (χ1) is 11.6. The van der Waals surface area contributed by atoms with Gasteiger partial charge in [0.15, 0.2) is 5.96 Å². The molecule has 24 heavy (non-hydrogen) atoms. The summed E-state index contributed by atoms with van der Waals surface area (Å²) >= 11 is 1.95. The Bertz CT molecular complexity index is 461. The molecule has 3 atom stereocenters. The number of hydrogen-bond donors (Lipinski definition) is 5. The fourth-order valence-electron chi connectivity index (χ4n) is 3.20. The SMILES string of the molecule is N=C1NC2CS[C@@H](CCCCC(=O)NCCCCCC(=O)O)C2N1. The van der Waals surface area contributed by atoms with E-state index in [2.05, 4.69) is 16.0 Å². The van der Waals surface area contributed by atoms with Gasteiger partial charge in [0.1, 0.15) is 0 Å². The number of unbranched alkanes of at least 4 members (excludes halogenated alkanes) is 3. The van der Waals surface area contributed by atoms with Crippen LogP contribution in [0.3, 0.4) is 0 Å². The van der Waals surface area contributed by atoms with Crippen molar-refractivity contribution in [1.29, 1.82) is 5.41 Å². The zero-order valence-electron chi connectivity index (χ0n) is 14.0. The van der Waals surface area contributed by atoms with Gasteiger partial charge < -0.3 is 21.1 Å². The van der Waals surface area contributed by atoms with E-state index in [-0.39, 0.29) is 12.3 Å². The highest BCUT2D eigenvalue weighted by Gasteiger charge is 2.41. The van der Waals surface area contributed by atoms with Crippen LogP contribution in [0.1, 0.15) is 51.4 Å². The minimum absolute atomic E-state index is 0.0904. The molecule has 2 unspecified atom stereocenters. The summed E-state index contributed by atoms with van der Waals surface area (Å²) in [6.07, 6.45) is 6.12. The van der Waals surface area contributed by atoms with Crippen molar-refractivity contribution in [3.63, 3.8) is 0 Å². The number of hydrogen-bond acceptors (Lipinski definition) is 4. The number of guanidine groups is 1. The molecule has 2 saturated heterocycles. The minimum Gasteiger partial charge on any atom is -0.481 e. The smallest absolute Gasteiger partial charge is 0.303 e. The van der Waals surface area contributed by atoms with Crippen LogP contribution < -0.4 is 16.0 Å². The lowest BCUT2D eigenvalue weighted by molar-refractivity contribution is -0.137. The maximum Gasteiger partial charge on any atom is 0.303 e. The number of carbonyl (C=O) groups excluding carboxylic acids is 1. The van der Waals surface area contributed by atoms with Crippen molar-refractivity contribution >= 4 is 29.6 Å². The van der Waals surface area contributed by atoms with E-state index in [1.165, 1.54) is 0 Å². The molecule has 0 aromatic carbocycles. The molecule has 0 aliphatic carbocycles. The molecule has 5 N–H and O–H groups in total. The first-order valence-electron chi connectivity index (χ1n) is 8.78. The average Bonchev–Trinajstić information content (AvgIpc) is 3.06. The molecule has 1 amide bonds. The van der Waals surface area contributed by atoms with Gasteiger partial charge in [-0.15, -0.1) is 0 Å². The second kappa shape index (κ2) is 9.76. The molecule has 0 radical (unpaired) electrons. The first-order valence-corrected chi connectivity index (χ1v) is 9.83. The summed E-state index contributed by atoms with van der Waals surface area (Å²) in [4.78, 5) is 22.1. The van der Waals surface area contributed by atoms with Crippen molar-refractivity contribution in [3.05, 3.63) is 0 Å². The quantitative estimate of drug-likeness (QED) is 0.356. The number of carboxylic acid groups (broad SMARTS) is 1. The summed E-state index contributed by atoms with van der Waals surface area (Å²) in [7, 11) is 0. The Balaban J connectivity index is 1.45. The topological polar surface area (TPSA) is 114 Å². The van der Waals surface area contributed by atoms with Crippen molar-refractivity contribution in [2.75, 3.05) is 12.3 Å². The summed E-state index contributed by atoms with van der Waals surface area (Å²) in [5, 5.41) is 25.9. The van der Waals surface area contributed by atoms with Gasteiger partial charge in [0.2, 0.25) is 5.91 Å². The van der Waals surface area contributed by atoms with Crippen molar-refractivity contribution in [3.8, 4) is 0 Å². The van der Waals surface area contributed by atoms with Crippen LogP contribution in [0.4, 0.5) is 0 Å². The van der Waals surface area contributed by atoms with Crippen LogP contribution in [0, 0.1) is 5.41 Å². The molecule has 2 fully saturated rings. The average molecular weight is 356 g/mol. The number of rotatable bonds is 11. The molecule has 0 bridgehead atoms. The Morgan fingerprint density at radius 1 is 1.17 bits per heavy atom. The molecule has 2 aliphatic rings. The van der Waals surface area contributed by atoms with Crippen LogP contribution in [0.2, 0.25) is 0 Å². The molecule has 136 valence electrons. The summed E-state index contributed by atoms with van der Waals surface area (Å²) in [6, 6.07) is 0.749. The lowest BCUT2D eigenvalue weighted by atomic mass is 10.0. The fraction of sp³-hybridized carbons (Fsp3) is 0.812. The van der Waals surface area contributed by atoms with Gasteiger partial charge in [-0.3, -0.25) is 15.0 Å². The highest BCUT2D eigenvalue weighted by atomic mass is 32.2. The van der Waals surface area contributed by atoms with Crippen molar-refractivity contribution in [1.82, 2.24) is 16.0 Å². The van der Waals surface area contributed by atoms with Gasteiger partial charge in [-0.05, 0) is 25.7 Å². The van der Waals surface area contributed by atoms with Gasteiger partial charge in [-0.1, -0.05) is 12.8 Å². The number of aliphatic carboxylic acids is 1. The Morgan fingerprint density at radius 3 is 2.75 bits per heavy atom. The van der Waals surface area contributed by atoms with Gasteiger partial charge >= 0.3 is 5.97 Å². The van der Waals surface area contributed by atoms with Crippen LogP contribution in [-0.4, -0.2) is 52.6 Å². The van der Waals surface area contributed by atoms with Crippen LogP contribution in [-0.2, 0) is 9.59 Å². The number of fused-ring (bicyclic) bond motifs is 1. The highest BCUT2D eigenvalue weighted by Crippen LogP contribution is 2.33. The molecule has 8 heteroatoms. The lowest BCUT2D eigenvalue weighted by Crippen LogP contribution is -2.36. The highest BCUT2D eigenvalue weighted by molar-refractivity contribution is 8.00. The van der Waals surface area contributed by atoms with Crippen LogP contribution >= 0.6 is 11.8 Å². The van der Waals surface area contributed by atoms with Gasteiger partial charge in [-0.25, -0.2) is 0 Å². The molecule has 0 saturated carbocycles. The van der Waals surface area contributed by atoms with Crippen LogP contribution in [0.15, 0.2) is 0 Å². The minimum atomic E-state index is -0.758. The molecule has 2 heterocycles. The zero-order valence-corrected chi connectivity index (χ0v) is 14.8. The summed E-state index contributed by atoms with van der Waals surface area (Å²) in [5.74, 6) is 0.824. The molecule has 7 nitrogen and oxygen atoms in total. The number of thioether (sulfide) groups is 1. The van der Waals surface area contributed by atoms with E-state index in [1.807, 2.05) is 11.8 Å². The van der Waals surface area contributed by atoms with Gasteiger partial charge in [0, 0.05) is 30.4 Å². The second-order valence-electron chi connectivity index (χ2n) is 6.47. The van der Waals surface area contributed by atoms with E-state index in [4.69, 9.17) is 10.5 Å². The number of carboxylic acids is 1. The second-order valence-corrected chi connectivity index (χ2v) is 7.74. The van der Waals surface area contributed by atoms with Crippen LogP contribution in [0.5, 0.6) is 0 Å². The fourth-order valence-corrected chi connectivity index (χ4v) is 4.74. The van der Waals surface area contributed by atoms with Gasteiger partial charge in [0.25, 0.3) is 0 Å². The lowest BCUT2D eigenvalue weighted by Gasteiger charge is -2.16.